The molecule has 0 atom stereocenters. The summed E-state index contributed by atoms with van der Waals surface area (Å²) in [7, 11) is 1.18. The Morgan fingerprint density at radius 1 is 0.654 bits per heavy atom. The van der Waals surface area contributed by atoms with Crippen LogP contribution in [0, 0.1) is 40.5 Å². The third-order valence-corrected chi connectivity index (χ3v) is 5.10. The molecule has 0 radical (unpaired) electrons. The zero-order chi connectivity index (χ0) is 19.4. The summed E-state index contributed by atoms with van der Waals surface area (Å²) in [6.07, 6.45) is 1.94. The second-order valence-electron chi connectivity index (χ2n) is 4.16. The van der Waals surface area contributed by atoms with Crippen molar-refractivity contribution in [2.45, 2.75) is 9.79 Å². The van der Waals surface area contributed by atoms with Gasteiger partial charge in [0.1, 0.15) is 22.2 Å². The summed E-state index contributed by atoms with van der Waals surface area (Å²) in [4.78, 5) is 46.1. The Kier molecular flexibility index (Phi) is 5.58. The van der Waals surface area contributed by atoms with Gasteiger partial charge < -0.3 is 20.2 Å². The molecule has 0 bridgehead atoms. The summed E-state index contributed by atoms with van der Waals surface area (Å²) < 4.78 is 0. The largest absolute Gasteiger partial charge is 0.443 e. The molecule has 2 aromatic heterocycles. The molecule has 0 aliphatic rings. The van der Waals surface area contributed by atoms with Gasteiger partial charge in [-0.25, -0.2) is 0 Å². The Morgan fingerprint density at radius 3 is 1.27 bits per heavy atom. The fourth-order valence-corrected chi connectivity index (χ4v) is 3.93. The third kappa shape index (κ3) is 3.81. The van der Waals surface area contributed by atoms with Crippen molar-refractivity contribution in [1.29, 1.82) is 0 Å². The molecule has 0 fully saturated rings. The fraction of sp³-hybridized carbons (Fsp3) is 0. The zero-order valence-corrected chi connectivity index (χ0v) is 13.7. The second kappa shape index (κ2) is 7.66. The molecule has 0 saturated carbocycles. The average Bonchev–Trinajstić information content (AvgIpc) is 2.58. The average molecular weight is 400 g/mol. The maximum atomic E-state index is 11.1. The van der Waals surface area contributed by atoms with Crippen molar-refractivity contribution >= 4 is 44.6 Å². The number of hydrogen-bond donors (Lipinski definition) is 0. The number of aromatic nitrogens is 2. The first-order chi connectivity index (χ1) is 12.2. The first-order valence-corrected chi connectivity index (χ1v) is 8.29. The Morgan fingerprint density at radius 2 is 1.00 bits per heavy atom. The highest BCUT2D eigenvalue weighted by molar-refractivity contribution is 8.76. The van der Waals surface area contributed by atoms with E-state index >= 15 is 0 Å². The first kappa shape index (κ1) is 18.9. The summed E-state index contributed by atoms with van der Waals surface area (Å²) in [5, 5.41) is 43.9. The maximum absolute atomic E-state index is 11.1. The molecular weight excluding hydrogens is 396 g/mol. The third-order valence-electron chi connectivity index (χ3n) is 2.67. The minimum Gasteiger partial charge on any atom is -0.358 e. The van der Waals surface area contributed by atoms with E-state index in [4.69, 9.17) is 0 Å². The highest BCUT2D eigenvalue weighted by atomic mass is 33.1. The first-order valence-electron chi connectivity index (χ1n) is 6.14. The van der Waals surface area contributed by atoms with Crippen molar-refractivity contribution in [3.05, 3.63) is 65.0 Å². The van der Waals surface area contributed by atoms with Gasteiger partial charge in [-0.1, -0.05) is 0 Å². The van der Waals surface area contributed by atoms with Gasteiger partial charge in [-0.15, -0.1) is 0 Å². The quantitative estimate of drug-likeness (QED) is 0.374. The van der Waals surface area contributed by atoms with Crippen LogP contribution in [-0.2, 0) is 0 Å². The van der Waals surface area contributed by atoms with E-state index in [1.54, 1.807) is 0 Å². The van der Waals surface area contributed by atoms with E-state index in [1.165, 1.54) is 0 Å². The van der Waals surface area contributed by atoms with E-state index in [1.807, 2.05) is 0 Å². The highest BCUT2D eigenvalue weighted by Gasteiger charge is 2.33. The highest BCUT2D eigenvalue weighted by Crippen LogP contribution is 2.47. The van der Waals surface area contributed by atoms with Crippen LogP contribution in [0.15, 0.2) is 34.3 Å². The summed E-state index contributed by atoms with van der Waals surface area (Å²) in [6, 6.07) is 2.23. The molecule has 2 aromatic rings. The number of hydrogen-bond acceptors (Lipinski definition) is 12. The summed E-state index contributed by atoms with van der Waals surface area (Å²) in [5.41, 5.74) is -1.78. The lowest BCUT2D eigenvalue weighted by Gasteiger charge is -2.03. The van der Waals surface area contributed by atoms with Crippen molar-refractivity contribution in [3.8, 4) is 0 Å². The molecule has 134 valence electrons. The topological polar surface area (TPSA) is 198 Å². The lowest BCUT2D eigenvalue weighted by Crippen LogP contribution is -2.01. The summed E-state index contributed by atoms with van der Waals surface area (Å²) in [6.45, 7) is 0. The monoisotopic (exact) mass is 400 g/mol. The molecule has 2 heterocycles. The zero-order valence-electron chi connectivity index (χ0n) is 12.1. The van der Waals surface area contributed by atoms with Gasteiger partial charge in [-0.3, -0.25) is 20.2 Å². The van der Waals surface area contributed by atoms with E-state index in [-0.39, 0.29) is 9.79 Å². The predicted octanol–water partition coefficient (Wildman–Crippen LogP) is 2.91. The van der Waals surface area contributed by atoms with Crippen LogP contribution < -0.4 is 0 Å². The van der Waals surface area contributed by atoms with Crippen LogP contribution in [0.4, 0.5) is 23.0 Å². The van der Waals surface area contributed by atoms with Gasteiger partial charge in [0.25, 0.3) is 0 Å². The molecular formula is C10H4N6O8S2. The molecule has 0 aromatic carbocycles. The van der Waals surface area contributed by atoms with E-state index in [2.05, 4.69) is 9.97 Å². The molecule has 14 nitrogen and oxygen atoms in total. The van der Waals surface area contributed by atoms with Gasteiger partial charge >= 0.3 is 23.0 Å². The molecule has 0 saturated heterocycles. The van der Waals surface area contributed by atoms with Gasteiger partial charge in [-0.05, 0) is 41.4 Å². The van der Waals surface area contributed by atoms with Gasteiger partial charge in [-0.2, -0.15) is 0 Å². The van der Waals surface area contributed by atoms with Gasteiger partial charge in [0.15, 0.2) is 0 Å². The van der Waals surface area contributed by atoms with Crippen molar-refractivity contribution in [1.82, 2.24) is 9.97 Å². The number of pyridine rings is 2. The van der Waals surface area contributed by atoms with Crippen LogP contribution in [0.5, 0.6) is 0 Å². The van der Waals surface area contributed by atoms with Gasteiger partial charge in [0.2, 0.25) is 0 Å². The van der Waals surface area contributed by atoms with Gasteiger partial charge in [0, 0.05) is 12.1 Å². The van der Waals surface area contributed by atoms with Crippen LogP contribution >= 0.6 is 21.6 Å². The Hall–Kier alpha value is -3.40. The van der Waals surface area contributed by atoms with Crippen LogP contribution in [-0.4, -0.2) is 29.7 Å². The smallest absolute Gasteiger partial charge is 0.358 e. The van der Waals surface area contributed by atoms with E-state index < -0.39 is 42.7 Å². The maximum Gasteiger partial charge on any atom is 0.443 e. The fourth-order valence-electron chi connectivity index (χ4n) is 1.69. The van der Waals surface area contributed by atoms with Crippen LogP contribution in [0.2, 0.25) is 0 Å². The van der Waals surface area contributed by atoms with E-state index in [9.17, 15) is 40.5 Å². The standard InChI is InChI=1S/C10H4N6O8S2/c17-13(18)7-5(1-3-11-9(7)15(21)22)25-26-6-2-4-12-10(16(23)24)8(6)14(19)20/h1-4H. The van der Waals surface area contributed by atoms with Crippen LogP contribution in [0.3, 0.4) is 0 Å². The Labute approximate surface area is 149 Å². The second-order valence-corrected chi connectivity index (χ2v) is 6.37. The van der Waals surface area contributed by atoms with E-state index in [0.29, 0.717) is 21.6 Å². The molecule has 0 amide bonds. The number of nitrogens with zero attached hydrogens (tertiary/aromatic N) is 6. The van der Waals surface area contributed by atoms with Crippen molar-refractivity contribution in [2.75, 3.05) is 0 Å². The molecule has 26 heavy (non-hydrogen) atoms. The summed E-state index contributed by atoms with van der Waals surface area (Å²) >= 11 is 0. The van der Waals surface area contributed by atoms with Crippen molar-refractivity contribution in [3.63, 3.8) is 0 Å². The summed E-state index contributed by atoms with van der Waals surface area (Å²) in [5.74, 6) is -1.98. The van der Waals surface area contributed by atoms with Gasteiger partial charge in [0.05, 0.1) is 9.85 Å². The predicted molar refractivity (Wildman–Crippen MR) is 86.8 cm³/mol. The van der Waals surface area contributed by atoms with Crippen LogP contribution in [0.25, 0.3) is 0 Å². The molecule has 16 heteroatoms. The molecule has 0 spiro atoms. The molecule has 0 aliphatic carbocycles. The van der Waals surface area contributed by atoms with Crippen molar-refractivity contribution in [2.24, 2.45) is 0 Å². The Balaban J connectivity index is 2.45. The molecule has 0 aliphatic heterocycles. The lowest BCUT2D eigenvalue weighted by molar-refractivity contribution is -0.427. The normalized spacial score (nSPS) is 10.3. The number of rotatable bonds is 7. The minimum absolute atomic E-state index is 0.199. The molecule has 0 unspecified atom stereocenters. The van der Waals surface area contributed by atoms with Crippen LogP contribution in [0.1, 0.15) is 0 Å². The minimum atomic E-state index is -1.04. The van der Waals surface area contributed by atoms with E-state index in [0.717, 1.165) is 24.5 Å². The molecule has 2 rings (SSSR count). The SMILES string of the molecule is O=[N+]([O-])c1nccc(SSc2ccnc([N+](=O)[O-])c2[N+](=O)[O-])c1[N+](=O)[O-]. The molecule has 0 N–H and O–H groups in total. The number of nitro groups is 4. The Bertz CT molecular complexity index is 862. The van der Waals surface area contributed by atoms with Crippen molar-refractivity contribution < 1.29 is 19.7 Å². The lowest BCUT2D eigenvalue weighted by atomic mass is 10.4.